The summed E-state index contributed by atoms with van der Waals surface area (Å²) in [5.74, 6) is -1.19. The lowest BCUT2D eigenvalue weighted by Crippen LogP contribution is -2.65. The first-order chi connectivity index (χ1) is 13.1. The Hall–Kier alpha value is -3.74. The maximum atomic E-state index is 13.0. The molecule has 0 atom stereocenters. The number of benzene rings is 2. The Kier molecular flexibility index (Phi) is 4.04. The lowest BCUT2D eigenvalue weighted by Gasteiger charge is -2.34. The zero-order valence-electron chi connectivity index (χ0n) is 14.3. The quantitative estimate of drug-likeness (QED) is 0.691. The van der Waals surface area contributed by atoms with Crippen molar-refractivity contribution in [2.24, 2.45) is 0 Å². The molecule has 1 saturated heterocycles. The van der Waals surface area contributed by atoms with E-state index >= 15 is 0 Å². The molecule has 0 aliphatic carbocycles. The van der Waals surface area contributed by atoms with Crippen molar-refractivity contribution in [2.75, 3.05) is 0 Å². The van der Waals surface area contributed by atoms with Crippen LogP contribution in [0.25, 0.3) is 0 Å². The number of carbonyl (C=O) groups is 3. The fourth-order valence-corrected chi connectivity index (χ4v) is 3.36. The number of carbonyl (C=O) groups excluding carboxylic acids is 3. The van der Waals surface area contributed by atoms with Crippen LogP contribution in [-0.2, 0) is 21.5 Å². The number of rotatable bonds is 4. The molecule has 2 aromatic carbocycles. The van der Waals surface area contributed by atoms with E-state index < -0.39 is 23.3 Å². The van der Waals surface area contributed by atoms with Crippen LogP contribution in [0.5, 0.6) is 0 Å². The number of barbiturate groups is 1. The van der Waals surface area contributed by atoms with E-state index in [0.717, 1.165) is 5.56 Å². The normalized spacial score (nSPS) is 15.9. The predicted molar refractivity (Wildman–Crippen MR) is 96.7 cm³/mol. The van der Waals surface area contributed by atoms with Gasteiger partial charge in [-0.15, -0.1) is 0 Å². The maximum Gasteiger partial charge on any atom is 0.328 e. The van der Waals surface area contributed by atoms with Gasteiger partial charge < -0.3 is 4.57 Å². The van der Waals surface area contributed by atoms with Gasteiger partial charge in [-0.2, -0.15) is 0 Å². The van der Waals surface area contributed by atoms with Crippen molar-refractivity contribution in [3.05, 3.63) is 90.0 Å². The van der Waals surface area contributed by atoms with Crippen LogP contribution in [0.3, 0.4) is 0 Å². The fourth-order valence-electron chi connectivity index (χ4n) is 3.36. The first-order valence-corrected chi connectivity index (χ1v) is 8.40. The number of nitrogens with zero attached hydrogens (tertiary/aromatic N) is 2. The minimum Gasteiger partial charge on any atom is -0.329 e. The molecule has 4 amide bonds. The smallest absolute Gasteiger partial charge is 0.328 e. The summed E-state index contributed by atoms with van der Waals surface area (Å²) in [5, 5.41) is 4.43. The molecule has 7 nitrogen and oxygen atoms in total. The molecule has 0 bridgehead atoms. The molecule has 0 spiro atoms. The van der Waals surface area contributed by atoms with E-state index in [-0.39, 0.29) is 5.82 Å². The monoisotopic (exact) mass is 360 g/mol. The van der Waals surface area contributed by atoms with Crippen LogP contribution in [0.15, 0.2) is 73.1 Å². The molecule has 1 aliphatic heterocycles. The Morgan fingerprint density at radius 3 is 2.07 bits per heavy atom. The van der Waals surface area contributed by atoms with Crippen molar-refractivity contribution in [1.29, 1.82) is 0 Å². The summed E-state index contributed by atoms with van der Waals surface area (Å²) in [6.07, 6.45) is 3.25. The van der Waals surface area contributed by atoms with Gasteiger partial charge in [0.2, 0.25) is 5.41 Å². The molecule has 3 aromatic rings. The SMILES string of the molecule is O=C1NC(=O)C(c2ccccc2)(c2nccn2Cc2ccccc2)C(=O)N1. The first kappa shape index (κ1) is 16.7. The fraction of sp³-hybridized carbons (Fsp3) is 0.100. The van der Waals surface area contributed by atoms with Gasteiger partial charge in [0, 0.05) is 18.9 Å². The van der Waals surface area contributed by atoms with E-state index in [1.54, 1.807) is 47.3 Å². The van der Waals surface area contributed by atoms with Crippen LogP contribution >= 0.6 is 0 Å². The minimum absolute atomic E-state index is 0.250. The summed E-state index contributed by atoms with van der Waals surface area (Å²) in [4.78, 5) is 42.0. The van der Waals surface area contributed by atoms with Crippen molar-refractivity contribution >= 4 is 17.8 Å². The second-order valence-electron chi connectivity index (χ2n) is 6.22. The van der Waals surface area contributed by atoms with Crippen LogP contribution in [0.1, 0.15) is 17.0 Å². The predicted octanol–water partition coefficient (Wildman–Crippen LogP) is 1.58. The van der Waals surface area contributed by atoms with E-state index in [4.69, 9.17) is 0 Å². The molecule has 0 saturated carbocycles. The number of amides is 4. The summed E-state index contributed by atoms with van der Waals surface area (Å²) < 4.78 is 1.75. The number of hydrogen-bond donors (Lipinski definition) is 2. The molecular formula is C20H16N4O3. The number of imide groups is 2. The zero-order chi connectivity index (χ0) is 18.9. The number of imidazole rings is 1. The summed E-state index contributed by atoms with van der Waals surface area (Å²) in [6.45, 7) is 0.430. The third-order valence-electron chi connectivity index (χ3n) is 4.59. The van der Waals surface area contributed by atoms with Gasteiger partial charge in [-0.25, -0.2) is 9.78 Å². The number of nitrogens with one attached hydrogen (secondary N) is 2. The molecule has 1 aromatic heterocycles. The van der Waals surface area contributed by atoms with Crippen LogP contribution in [0, 0.1) is 0 Å². The molecular weight excluding hydrogens is 344 g/mol. The van der Waals surface area contributed by atoms with Crippen molar-refractivity contribution in [3.8, 4) is 0 Å². The lowest BCUT2D eigenvalue weighted by molar-refractivity contribution is -0.136. The van der Waals surface area contributed by atoms with Crippen molar-refractivity contribution < 1.29 is 14.4 Å². The van der Waals surface area contributed by atoms with E-state index in [9.17, 15) is 14.4 Å². The third kappa shape index (κ3) is 2.69. The molecule has 7 heteroatoms. The Morgan fingerprint density at radius 1 is 0.852 bits per heavy atom. The van der Waals surface area contributed by atoms with E-state index in [0.29, 0.717) is 12.1 Å². The van der Waals surface area contributed by atoms with Gasteiger partial charge in [-0.1, -0.05) is 60.7 Å². The van der Waals surface area contributed by atoms with Gasteiger partial charge in [0.1, 0.15) is 5.82 Å². The first-order valence-electron chi connectivity index (χ1n) is 8.40. The molecule has 4 rings (SSSR count). The highest BCUT2D eigenvalue weighted by Crippen LogP contribution is 2.34. The third-order valence-corrected chi connectivity index (χ3v) is 4.59. The van der Waals surface area contributed by atoms with Crippen LogP contribution in [0.2, 0.25) is 0 Å². The van der Waals surface area contributed by atoms with Crippen LogP contribution in [-0.4, -0.2) is 27.4 Å². The van der Waals surface area contributed by atoms with Crippen LogP contribution in [0.4, 0.5) is 4.79 Å². The van der Waals surface area contributed by atoms with Crippen molar-refractivity contribution in [3.63, 3.8) is 0 Å². The Bertz CT molecular complexity index is 992. The Morgan fingerprint density at radius 2 is 1.44 bits per heavy atom. The zero-order valence-corrected chi connectivity index (χ0v) is 14.3. The second-order valence-corrected chi connectivity index (χ2v) is 6.22. The molecule has 134 valence electrons. The number of hydrogen-bond acceptors (Lipinski definition) is 4. The van der Waals surface area contributed by atoms with Crippen molar-refractivity contribution in [1.82, 2.24) is 20.2 Å². The Balaban J connectivity index is 1.89. The standard InChI is InChI=1S/C20H16N4O3/c25-17-20(15-9-5-2-6-10-15,18(26)23-19(27)22-17)16-21-11-12-24(16)13-14-7-3-1-4-8-14/h1-12H,13H2,(H2,22,23,25,26,27). The molecule has 2 heterocycles. The van der Waals surface area contributed by atoms with E-state index in [2.05, 4.69) is 15.6 Å². The maximum absolute atomic E-state index is 13.0. The molecule has 1 aliphatic rings. The highest BCUT2D eigenvalue weighted by Gasteiger charge is 2.56. The van der Waals surface area contributed by atoms with Gasteiger partial charge >= 0.3 is 6.03 Å². The second kappa shape index (κ2) is 6.53. The van der Waals surface area contributed by atoms with Gasteiger partial charge in [0.25, 0.3) is 11.8 Å². The van der Waals surface area contributed by atoms with Gasteiger partial charge in [0.15, 0.2) is 0 Å². The van der Waals surface area contributed by atoms with Gasteiger partial charge in [-0.05, 0) is 11.1 Å². The number of aromatic nitrogens is 2. The largest absolute Gasteiger partial charge is 0.329 e. The van der Waals surface area contributed by atoms with E-state index in [1.807, 2.05) is 30.3 Å². The molecule has 0 unspecified atom stereocenters. The average Bonchev–Trinajstić information content (AvgIpc) is 3.11. The van der Waals surface area contributed by atoms with Gasteiger partial charge in [-0.3, -0.25) is 20.2 Å². The molecule has 27 heavy (non-hydrogen) atoms. The molecule has 0 radical (unpaired) electrons. The minimum atomic E-state index is -1.76. The summed E-state index contributed by atoms with van der Waals surface area (Å²) >= 11 is 0. The topological polar surface area (TPSA) is 93.1 Å². The summed E-state index contributed by atoms with van der Waals surface area (Å²) in [6, 6.07) is 17.4. The van der Waals surface area contributed by atoms with Gasteiger partial charge in [0.05, 0.1) is 0 Å². The molecule has 1 fully saturated rings. The summed E-state index contributed by atoms with van der Waals surface area (Å²) in [7, 11) is 0. The number of urea groups is 1. The highest BCUT2D eigenvalue weighted by atomic mass is 16.2. The highest BCUT2D eigenvalue weighted by molar-refractivity contribution is 6.24. The van der Waals surface area contributed by atoms with Crippen molar-refractivity contribution in [2.45, 2.75) is 12.0 Å². The van der Waals surface area contributed by atoms with E-state index in [1.165, 1.54) is 0 Å². The van der Waals surface area contributed by atoms with Crippen LogP contribution < -0.4 is 10.6 Å². The Labute approximate surface area is 155 Å². The lowest BCUT2D eigenvalue weighted by atomic mass is 9.76. The molecule has 2 N–H and O–H groups in total. The average molecular weight is 360 g/mol. The summed E-state index contributed by atoms with van der Waals surface area (Å²) in [5.41, 5.74) is -0.325.